The number of aromatic nitrogens is 1. The SMILES string of the molecule is COc1ccc(-c2cnc(C)c(N)c2)c(OC)c1. The minimum Gasteiger partial charge on any atom is -0.497 e. The van der Waals surface area contributed by atoms with Gasteiger partial charge in [0.15, 0.2) is 0 Å². The van der Waals surface area contributed by atoms with Crippen molar-refractivity contribution in [3.8, 4) is 22.6 Å². The summed E-state index contributed by atoms with van der Waals surface area (Å²) in [5, 5.41) is 0. The lowest BCUT2D eigenvalue weighted by molar-refractivity contribution is 0.395. The van der Waals surface area contributed by atoms with Gasteiger partial charge in [-0.2, -0.15) is 0 Å². The third-order valence-corrected chi connectivity index (χ3v) is 2.85. The van der Waals surface area contributed by atoms with Crippen molar-refractivity contribution >= 4 is 5.69 Å². The molecule has 0 bridgehead atoms. The molecule has 18 heavy (non-hydrogen) atoms. The van der Waals surface area contributed by atoms with Crippen LogP contribution in [0, 0.1) is 6.92 Å². The van der Waals surface area contributed by atoms with E-state index in [1.807, 2.05) is 31.2 Å². The van der Waals surface area contributed by atoms with Crippen LogP contribution in [-0.4, -0.2) is 19.2 Å². The number of ether oxygens (including phenoxy) is 2. The lowest BCUT2D eigenvalue weighted by atomic mass is 10.1. The summed E-state index contributed by atoms with van der Waals surface area (Å²) in [6, 6.07) is 7.55. The van der Waals surface area contributed by atoms with Crippen LogP contribution in [0.3, 0.4) is 0 Å². The summed E-state index contributed by atoms with van der Waals surface area (Å²) < 4.78 is 10.5. The monoisotopic (exact) mass is 244 g/mol. The molecule has 0 saturated carbocycles. The number of pyridine rings is 1. The van der Waals surface area contributed by atoms with E-state index in [1.165, 1.54) is 0 Å². The Labute approximate surface area is 106 Å². The number of nitrogen functional groups attached to an aromatic ring is 1. The highest BCUT2D eigenvalue weighted by Crippen LogP contribution is 2.33. The van der Waals surface area contributed by atoms with Crippen LogP contribution in [0.2, 0.25) is 0 Å². The summed E-state index contributed by atoms with van der Waals surface area (Å²) in [4.78, 5) is 4.26. The molecule has 4 nitrogen and oxygen atoms in total. The van der Waals surface area contributed by atoms with Gasteiger partial charge < -0.3 is 15.2 Å². The Morgan fingerprint density at radius 2 is 1.89 bits per heavy atom. The second kappa shape index (κ2) is 4.96. The lowest BCUT2D eigenvalue weighted by Gasteiger charge is -2.11. The molecular formula is C14H16N2O2. The number of nitrogens with zero attached hydrogens (tertiary/aromatic N) is 1. The Kier molecular flexibility index (Phi) is 3.37. The van der Waals surface area contributed by atoms with Gasteiger partial charge in [-0.25, -0.2) is 0 Å². The number of hydrogen-bond acceptors (Lipinski definition) is 4. The number of nitrogens with two attached hydrogens (primary N) is 1. The quantitative estimate of drug-likeness (QED) is 0.901. The van der Waals surface area contributed by atoms with Gasteiger partial charge in [0.1, 0.15) is 11.5 Å². The molecule has 2 aromatic rings. The van der Waals surface area contributed by atoms with Crippen molar-refractivity contribution in [1.82, 2.24) is 4.98 Å². The number of rotatable bonds is 3. The molecule has 1 aromatic heterocycles. The van der Waals surface area contributed by atoms with Gasteiger partial charge in [-0.3, -0.25) is 4.98 Å². The Morgan fingerprint density at radius 1 is 1.11 bits per heavy atom. The van der Waals surface area contributed by atoms with Crippen molar-refractivity contribution < 1.29 is 9.47 Å². The molecular weight excluding hydrogens is 228 g/mol. The highest BCUT2D eigenvalue weighted by molar-refractivity contribution is 5.73. The molecule has 2 rings (SSSR count). The summed E-state index contributed by atoms with van der Waals surface area (Å²) in [6.07, 6.45) is 1.79. The largest absolute Gasteiger partial charge is 0.497 e. The summed E-state index contributed by atoms with van der Waals surface area (Å²) in [5.41, 5.74) is 9.24. The van der Waals surface area contributed by atoms with E-state index in [4.69, 9.17) is 15.2 Å². The fraction of sp³-hybridized carbons (Fsp3) is 0.214. The highest BCUT2D eigenvalue weighted by Gasteiger charge is 2.09. The molecule has 0 fully saturated rings. The minimum atomic E-state index is 0.672. The fourth-order valence-corrected chi connectivity index (χ4v) is 1.73. The molecule has 0 aliphatic carbocycles. The predicted molar refractivity (Wildman–Crippen MR) is 71.9 cm³/mol. The van der Waals surface area contributed by atoms with E-state index < -0.39 is 0 Å². The van der Waals surface area contributed by atoms with Crippen molar-refractivity contribution in [2.75, 3.05) is 20.0 Å². The molecule has 4 heteroatoms. The van der Waals surface area contributed by atoms with Crippen LogP contribution in [0.1, 0.15) is 5.69 Å². The molecule has 1 heterocycles. The summed E-state index contributed by atoms with van der Waals surface area (Å²) in [5.74, 6) is 1.49. The van der Waals surface area contributed by atoms with E-state index in [1.54, 1.807) is 20.4 Å². The molecule has 0 amide bonds. The van der Waals surface area contributed by atoms with E-state index in [0.717, 1.165) is 28.3 Å². The van der Waals surface area contributed by atoms with Crippen molar-refractivity contribution in [3.63, 3.8) is 0 Å². The zero-order valence-electron chi connectivity index (χ0n) is 10.7. The molecule has 0 saturated heterocycles. The molecule has 0 radical (unpaired) electrons. The maximum atomic E-state index is 5.88. The van der Waals surface area contributed by atoms with E-state index in [-0.39, 0.29) is 0 Å². The van der Waals surface area contributed by atoms with Crippen molar-refractivity contribution in [1.29, 1.82) is 0 Å². The van der Waals surface area contributed by atoms with E-state index >= 15 is 0 Å². The lowest BCUT2D eigenvalue weighted by Crippen LogP contribution is -1.95. The smallest absolute Gasteiger partial charge is 0.130 e. The first-order valence-corrected chi connectivity index (χ1v) is 5.60. The highest BCUT2D eigenvalue weighted by atomic mass is 16.5. The Balaban J connectivity index is 2.52. The van der Waals surface area contributed by atoms with Crippen LogP contribution < -0.4 is 15.2 Å². The molecule has 1 aromatic carbocycles. The predicted octanol–water partition coefficient (Wildman–Crippen LogP) is 2.66. The average molecular weight is 244 g/mol. The summed E-state index contributed by atoms with van der Waals surface area (Å²) >= 11 is 0. The zero-order chi connectivity index (χ0) is 13.1. The number of aryl methyl sites for hydroxylation is 1. The summed E-state index contributed by atoms with van der Waals surface area (Å²) in [7, 11) is 3.25. The third kappa shape index (κ3) is 2.22. The van der Waals surface area contributed by atoms with Crippen LogP contribution in [0.25, 0.3) is 11.1 Å². The Morgan fingerprint density at radius 3 is 2.50 bits per heavy atom. The number of benzene rings is 1. The summed E-state index contributed by atoms with van der Waals surface area (Å²) in [6.45, 7) is 1.88. The van der Waals surface area contributed by atoms with E-state index in [2.05, 4.69) is 4.98 Å². The van der Waals surface area contributed by atoms with Crippen molar-refractivity contribution in [2.24, 2.45) is 0 Å². The van der Waals surface area contributed by atoms with Gasteiger partial charge >= 0.3 is 0 Å². The second-order valence-corrected chi connectivity index (χ2v) is 3.96. The van der Waals surface area contributed by atoms with Crippen LogP contribution in [-0.2, 0) is 0 Å². The van der Waals surface area contributed by atoms with Gasteiger partial charge in [0.25, 0.3) is 0 Å². The van der Waals surface area contributed by atoms with Crippen LogP contribution in [0.4, 0.5) is 5.69 Å². The molecule has 0 unspecified atom stereocenters. The second-order valence-electron chi connectivity index (χ2n) is 3.96. The Bertz CT molecular complexity index is 568. The first-order valence-electron chi connectivity index (χ1n) is 5.60. The molecule has 0 aliphatic heterocycles. The molecule has 0 atom stereocenters. The number of hydrogen-bond donors (Lipinski definition) is 1. The first-order chi connectivity index (χ1) is 8.65. The minimum absolute atomic E-state index is 0.672. The zero-order valence-corrected chi connectivity index (χ0v) is 10.7. The third-order valence-electron chi connectivity index (χ3n) is 2.85. The fourth-order valence-electron chi connectivity index (χ4n) is 1.73. The van der Waals surface area contributed by atoms with E-state index in [0.29, 0.717) is 5.69 Å². The van der Waals surface area contributed by atoms with Crippen molar-refractivity contribution in [3.05, 3.63) is 36.2 Å². The average Bonchev–Trinajstić information content (AvgIpc) is 2.41. The Hall–Kier alpha value is -2.23. The molecule has 94 valence electrons. The molecule has 0 aliphatic rings. The van der Waals surface area contributed by atoms with Gasteiger partial charge in [-0.15, -0.1) is 0 Å². The molecule has 0 spiro atoms. The maximum Gasteiger partial charge on any atom is 0.130 e. The maximum absolute atomic E-state index is 5.88. The van der Waals surface area contributed by atoms with Gasteiger partial charge in [-0.1, -0.05) is 0 Å². The number of methoxy groups -OCH3 is 2. The molecule has 2 N–H and O–H groups in total. The van der Waals surface area contributed by atoms with Crippen LogP contribution in [0.15, 0.2) is 30.5 Å². The van der Waals surface area contributed by atoms with Crippen molar-refractivity contribution in [2.45, 2.75) is 6.92 Å². The topological polar surface area (TPSA) is 57.4 Å². The number of anilines is 1. The first kappa shape index (κ1) is 12.2. The normalized spacial score (nSPS) is 10.2. The van der Waals surface area contributed by atoms with E-state index in [9.17, 15) is 0 Å². The van der Waals surface area contributed by atoms with Gasteiger partial charge in [0.2, 0.25) is 0 Å². The van der Waals surface area contributed by atoms with Crippen LogP contribution >= 0.6 is 0 Å². The van der Waals surface area contributed by atoms with Gasteiger partial charge in [-0.05, 0) is 25.1 Å². The standard InChI is InChI=1S/C14H16N2O2/c1-9-13(15)6-10(8-16-9)12-5-4-11(17-2)7-14(12)18-3/h4-8H,15H2,1-3H3. The van der Waals surface area contributed by atoms with Crippen LogP contribution in [0.5, 0.6) is 11.5 Å². The van der Waals surface area contributed by atoms with Gasteiger partial charge in [0, 0.05) is 23.4 Å². The van der Waals surface area contributed by atoms with Gasteiger partial charge in [0.05, 0.1) is 25.6 Å².